The molecule has 1 aliphatic carbocycles. The smallest absolute Gasteiger partial charge is 0.338 e. The van der Waals surface area contributed by atoms with Crippen molar-refractivity contribution >= 4 is 24.7 Å². The third kappa shape index (κ3) is 6.87. The van der Waals surface area contributed by atoms with Crippen molar-refractivity contribution in [2.45, 2.75) is 103 Å². The van der Waals surface area contributed by atoms with Crippen LogP contribution in [0.25, 0.3) is 0 Å². The summed E-state index contributed by atoms with van der Waals surface area (Å²) in [7, 11) is -2.59. The molecule has 0 aliphatic heterocycles. The zero-order valence-corrected chi connectivity index (χ0v) is 24.6. The van der Waals surface area contributed by atoms with Gasteiger partial charge < -0.3 is 13.9 Å². The van der Waals surface area contributed by atoms with Crippen LogP contribution in [0.4, 0.5) is 0 Å². The molecule has 1 saturated carbocycles. The van der Waals surface area contributed by atoms with Crippen molar-refractivity contribution in [3.05, 3.63) is 60.7 Å². The monoisotopic (exact) mass is 510 g/mol. The van der Waals surface area contributed by atoms with Gasteiger partial charge in [-0.05, 0) is 75.2 Å². The van der Waals surface area contributed by atoms with Crippen LogP contribution in [0.5, 0.6) is 0 Å². The Morgan fingerprint density at radius 3 is 1.83 bits per heavy atom. The van der Waals surface area contributed by atoms with E-state index in [4.69, 9.17) is 13.9 Å². The van der Waals surface area contributed by atoms with E-state index in [0.717, 1.165) is 25.7 Å². The second kappa shape index (κ2) is 11.2. The van der Waals surface area contributed by atoms with E-state index in [0.29, 0.717) is 12.5 Å². The minimum atomic E-state index is -2.59. The number of carbonyl (C=O) groups is 1. The van der Waals surface area contributed by atoms with Crippen LogP contribution in [0.1, 0.15) is 81.1 Å². The minimum absolute atomic E-state index is 0.0438. The van der Waals surface area contributed by atoms with Gasteiger partial charge in [-0.3, -0.25) is 0 Å². The van der Waals surface area contributed by atoms with Crippen LogP contribution in [-0.2, 0) is 18.7 Å². The predicted octanol–water partition coefficient (Wildman–Crippen LogP) is 6.26. The maximum atomic E-state index is 12.7. The molecule has 0 heterocycles. The van der Waals surface area contributed by atoms with Crippen LogP contribution < -0.4 is 10.4 Å². The molecule has 3 rings (SSSR count). The molecule has 2 aromatic rings. The Kier molecular flexibility index (Phi) is 8.90. The van der Waals surface area contributed by atoms with Crippen molar-refractivity contribution in [1.82, 2.24) is 0 Å². The van der Waals surface area contributed by atoms with Gasteiger partial charge in [0.05, 0.1) is 6.61 Å². The number of hydrogen-bond donors (Lipinski definition) is 0. The Bertz CT molecular complexity index is 934. The molecule has 1 fully saturated rings. The van der Waals surface area contributed by atoms with Gasteiger partial charge in [0.25, 0.3) is 8.32 Å². The third-order valence-corrected chi connectivity index (χ3v) is 12.2. The molecule has 0 spiro atoms. The quantitative estimate of drug-likeness (QED) is 0.311. The highest BCUT2D eigenvalue weighted by molar-refractivity contribution is 6.99. The summed E-state index contributed by atoms with van der Waals surface area (Å²) in [5.74, 6) is 0.0367. The van der Waals surface area contributed by atoms with Gasteiger partial charge >= 0.3 is 5.97 Å². The fourth-order valence-electron chi connectivity index (χ4n) is 5.23. The van der Waals surface area contributed by atoms with E-state index in [2.05, 4.69) is 81.4 Å². The molecule has 1 aliphatic rings. The molecule has 2 atom stereocenters. The molecule has 0 aromatic heterocycles. The molecule has 0 radical (unpaired) electrons. The van der Waals surface area contributed by atoms with Crippen LogP contribution >= 0.6 is 0 Å². The van der Waals surface area contributed by atoms with E-state index in [1.165, 1.54) is 10.4 Å². The van der Waals surface area contributed by atoms with Gasteiger partial charge in [-0.2, -0.15) is 0 Å². The molecule has 2 unspecified atom stereocenters. The summed E-state index contributed by atoms with van der Waals surface area (Å²) >= 11 is 0. The molecule has 36 heavy (non-hydrogen) atoms. The van der Waals surface area contributed by atoms with E-state index in [9.17, 15) is 4.79 Å². The third-order valence-electron chi connectivity index (χ3n) is 7.07. The van der Waals surface area contributed by atoms with Crippen molar-refractivity contribution in [3.63, 3.8) is 0 Å². The lowest BCUT2D eigenvalue weighted by Crippen LogP contribution is -2.68. The van der Waals surface area contributed by atoms with Crippen molar-refractivity contribution < 1.29 is 18.7 Å². The maximum absolute atomic E-state index is 12.7. The molecule has 0 saturated heterocycles. The number of carbonyl (C=O) groups excluding carboxylic acids is 1. The van der Waals surface area contributed by atoms with Crippen LogP contribution in [0.3, 0.4) is 0 Å². The Labute approximate surface area is 219 Å². The summed E-state index contributed by atoms with van der Waals surface area (Å²) in [4.78, 5) is 12.7. The van der Waals surface area contributed by atoms with E-state index >= 15 is 0 Å². The standard InChI is InChI=1S/C31H46O4Si/c1-29(2,3)34-28(32)31(7,8)33-23-24-16-15-17-25(22-24)35-36(30(4,5)6,26-18-11-9-12-19-26)27-20-13-10-14-21-27/h9-14,18-21,24-25H,15-17,22-23H2,1-8H3. The Morgan fingerprint density at radius 1 is 0.833 bits per heavy atom. The lowest BCUT2D eigenvalue weighted by molar-refractivity contribution is -0.181. The van der Waals surface area contributed by atoms with Gasteiger partial charge in [-0.1, -0.05) is 87.9 Å². The van der Waals surface area contributed by atoms with E-state index < -0.39 is 19.5 Å². The number of ether oxygens (including phenoxy) is 2. The van der Waals surface area contributed by atoms with Crippen LogP contribution in [0, 0.1) is 5.92 Å². The van der Waals surface area contributed by atoms with Gasteiger partial charge in [-0.15, -0.1) is 0 Å². The topological polar surface area (TPSA) is 44.8 Å². The Balaban J connectivity index is 1.81. The zero-order chi connectivity index (χ0) is 26.6. The second-order valence-electron chi connectivity index (χ2n) is 12.8. The van der Waals surface area contributed by atoms with Crippen molar-refractivity contribution in [1.29, 1.82) is 0 Å². The van der Waals surface area contributed by atoms with E-state index in [-0.39, 0.29) is 17.1 Å². The predicted molar refractivity (Wildman–Crippen MR) is 150 cm³/mol. The normalized spacial score (nSPS) is 19.7. The first-order chi connectivity index (χ1) is 16.7. The maximum Gasteiger partial charge on any atom is 0.338 e. The van der Waals surface area contributed by atoms with Crippen molar-refractivity contribution in [2.24, 2.45) is 5.92 Å². The Hall–Kier alpha value is -1.95. The molecule has 0 N–H and O–H groups in total. The second-order valence-corrected chi connectivity index (χ2v) is 17.0. The molecule has 5 heteroatoms. The summed E-state index contributed by atoms with van der Waals surface area (Å²) in [6.45, 7) is 16.8. The zero-order valence-electron chi connectivity index (χ0n) is 23.6. The largest absolute Gasteiger partial charge is 0.458 e. The first kappa shape index (κ1) is 28.6. The molecule has 2 aromatic carbocycles. The van der Waals surface area contributed by atoms with Crippen LogP contribution in [0.15, 0.2) is 60.7 Å². The molecular formula is C31H46O4Si. The number of benzene rings is 2. The summed E-state index contributed by atoms with van der Waals surface area (Å²) in [5, 5.41) is 2.58. The molecule has 0 bridgehead atoms. The summed E-state index contributed by atoms with van der Waals surface area (Å²) in [6.07, 6.45) is 4.34. The number of rotatable bonds is 8. The summed E-state index contributed by atoms with van der Waals surface area (Å²) in [6, 6.07) is 21.7. The van der Waals surface area contributed by atoms with E-state index in [1.807, 2.05) is 20.8 Å². The van der Waals surface area contributed by atoms with Gasteiger partial charge in [0.2, 0.25) is 0 Å². The molecule has 198 valence electrons. The lowest BCUT2D eigenvalue weighted by atomic mass is 9.88. The van der Waals surface area contributed by atoms with Gasteiger partial charge in [0.15, 0.2) is 5.60 Å². The van der Waals surface area contributed by atoms with Gasteiger partial charge in [0, 0.05) is 6.10 Å². The lowest BCUT2D eigenvalue weighted by Gasteiger charge is -2.46. The van der Waals surface area contributed by atoms with Crippen LogP contribution in [-0.4, -0.2) is 38.2 Å². The first-order valence-corrected chi connectivity index (χ1v) is 15.3. The highest BCUT2D eigenvalue weighted by Gasteiger charge is 2.51. The van der Waals surface area contributed by atoms with Gasteiger partial charge in [0.1, 0.15) is 5.60 Å². The number of hydrogen-bond acceptors (Lipinski definition) is 4. The fourth-order valence-corrected chi connectivity index (χ4v) is 9.96. The van der Waals surface area contributed by atoms with Crippen molar-refractivity contribution in [3.8, 4) is 0 Å². The van der Waals surface area contributed by atoms with Gasteiger partial charge in [-0.25, -0.2) is 4.79 Å². The number of esters is 1. The van der Waals surface area contributed by atoms with Crippen LogP contribution in [0.2, 0.25) is 5.04 Å². The first-order valence-electron chi connectivity index (χ1n) is 13.4. The summed E-state index contributed by atoms with van der Waals surface area (Å²) in [5.41, 5.74) is -1.50. The SMILES string of the molecule is CC(C)(C)OC(=O)C(C)(C)OCC1CCCC(O[Si](c2ccccc2)(c2ccccc2)C(C)(C)C)C1. The summed E-state index contributed by atoms with van der Waals surface area (Å²) < 4.78 is 19.1. The highest BCUT2D eigenvalue weighted by Crippen LogP contribution is 2.40. The molecular weight excluding hydrogens is 464 g/mol. The van der Waals surface area contributed by atoms with Crippen molar-refractivity contribution in [2.75, 3.05) is 6.61 Å². The highest BCUT2D eigenvalue weighted by atomic mass is 28.4. The van der Waals surface area contributed by atoms with E-state index in [1.54, 1.807) is 13.8 Å². The molecule has 4 nitrogen and oxygen atoms in total. The average Bonchev–Trinajstić information content (AvgIpc) is 2.81. The molecule has 0 amide bonds. The average molecular weight is 511 g/mol. The minimum Gasteiger partial charge on any atom is -0.458 e. The fraction of sp³-hybridized carbons (Fsp3) is 0.581. The Morgan fingerprint density at radius 2 is 1.36 bits per heavy atom.